The second kappa shape index (κ2) is 62.3. The quantitative estimate of drug-likeness (QED) is 0.0195. The molecule has 0 saturated heterocycles. The lowest BCUT2D eigenvalue weighted by molar-refractivity contribution is -0.870. The van der Waals surface area contributed by atoms with Gasteiger partial charge in [0.05, 0.1) is 40.3 Å². The Morgan fingerprint density at radius 3 is 1.06 bits per heavy atom. The molecule has 0 spiro atoms. The first-order valence-electron chi connectivity index (χ1n) is 34.3. The number of carboxylic acids is 1. The van der Waals surface area contributed by atoms with Gasteiger partial charge in [0.2, 0.25) is 0 Å². The lowest BCUT2D eigenvalue weighted by Crippen LogP contribution is -2.44. The van der Waals surface area contributed by atoms with Crippen molar-refractivity contribution >= 4 is 17.9 Å². The molecule has 0 aliphatic rings. The van der Waals surface area contributed by atoms with Crippen LogP contribution in [0.5, 0.6) is 0 Å². The lowest BCUT2D eigenvalue weighted by atomic mass is 10.0. The van der Waals surface area contributed by atoms with E-state index >= 15 is 0 Å². The molecular weight excluding hydrogens is 995 g/mol. The largest absolute Gasteiger partial charge is 0.545 e. The van der Waals surface area contributed by atoms with Crippen molar-refractivity contribution in [2.75, 3.05) is 47.5 Å². The molecule has 0 aliphatic carbocycles. The molecule has 0 saturated carbocycles. The number of carboxylic acid groups (broad SMARTS) is 1. The number of allylic oxidation sites excluding steroid dienone is 8. The molecule has 468 valence electrons. The minimum Gasteiger partial charge on any atom is -0.545 e. The number of hydrogen-bond donors (Lipinski definition) is 0. The summed E-state index contributed by atoms with van der Waals surface area (Å²) in [5.74, 6) is -2.26. The maximum Gasteiger partial charge on any atom is 0.306 e. The first kappa shape index (κ1) is 77.2. The molecule has 0 aromatic carbocycles. The number of quaternary nitrogens is 1. The summed E-state index contributed by atoms with van der Waals surface area (Å²) in [6.45, 7) is 4.70. The predicted molar refractivity (Wildman–Crippen MR) is 339 cm³/mol. The molecule has 0 N–H and O–H groups in total. The summed E-state index contributed by atoms with van der Waals surface area (Å²) in [4.78, 5) is 37.5. The molecule has 9 nitrogen and oxygen atoms in total. The van der Waals surface area contributed by atoms with Crippen molar-refractivity contribution < 1.29 is 42.9 Å². The van der Waals surface area contributed by atoms with Gasteiger partial charge in [0.1, 0.15) is 13.2 Å². The first-order valence-corrected chi connectivity index (χ1v) is 34.3. The Kier molecular flexibility index (Phi) is 60.2. The van der Waals surface area contributed by atoms with E-state index in [0.29, 0.717) is 23.9 Å². The van der Waals surface area contributed by atoms with Gasteiger partial charge in [-0.05, 0) is 51.4 Å². The van der Waals surface area contributed by atoms with Crippen molar-refractivity contribution in [2.45, 2.75) is 341 Å². The number of ether oxygens (including phenoxy) is 4. The van der Waals surface area contributed by atoms with Crippen molar-refractivity contribution in [3.05, 3.63) is 48.6 Å². The van der Waals surface area contributed by atoms with E-state index in [9.17, 15) is 19.5 Å². The number of unbranched alkanes of at least 4 members (excludes halogenated alkanes) is 41. The van der Waals surface area contributed by atoms with Crippen LogP contribution in [0.2, 0.25) is 0 Å². The Bertz CT molecular complexity index is 1450. The fourth-order valence-electron chi connectivity index (χ4n) is 10.1. The third kappa shape index (κ3) is 62.8. The van der Waals surface area contributed by atoms with E-state index in [0.717, 1.165) is 57.8 Å². The highest BCUT2D eigenvalue weighted by Gasteiger charge is 2.22. The third-order valence-electron chi connectivity index (χ3n) is 15.3. The maximum absolute atomic E-state index is 12.9. The molecule has 80 heavy (non-hydrogen) atoms. The van der Waals surface area contributed by atoms with E-state index in [4.69, 9.17) is 18.9 Å². The second-order valence-electron chi connectivity index (χ2n) is 24.4. The summed E-state index contributed by atoms with van der Waals surface area (Å²) in [6, 6.07) is 0. The molecule has 0 aromatic rings. The maximum atomic E-state index is 12.9. The van der Waals surface area contributed by atoms with Crippen LogP contribution in [0.3, 0.4) is 0 Å². The van der Waals surface area contributed by atoms with Crippen LogP contribution in [0.25, 0.3) is 0 Å². The molecule has 0 aromatic heterocycles. The number of carbonyl (C=O) groups is 3. The van der Waals surface area contributed by atoms with Crippen LogP contribution in [0.15, 0.2) is 48.6 Å². The molecule has 2 atom stereocenters. The Hall–Kier alpha value is -2.75. The van der Waals surface area contributed by atoms with Crippen molar-refractivity contribution in [1.29, 1.82) is 0 Å². The molecule has 0 rings (SSSR count). The number of hydrogen-bond acceptors (Lipinski definition) is 8. The number of carbonyl (C=O) groups excluding carboxylic acids is 3. The smallest absolute Gasteiger partial charge is 0.306 e. The van der Waals surface area contributed by atoms with Crippen LogP contribution < -0.4 is 5.11 Å². The summed E-state index contributed by atoms with van der Waals surface area (Å²) in [7, 11) is 5.94. The van der Waals surface area contributed by atoms with Gasteiger partial charge in [0.15, 0.2) is 12.4 Å². The number of aliphatic carboxylic acids is 1. The van der Waals surface area contributed by atoms with Gasteiger partial charge in [-0.25, -0.2) is 0 Å². The minimum absolute atomic E-state index is 0.149. The molecule has 0 amide bonds. The van der Waals surface area contributed by atoms with Gasteiger partial charge in [-0.1, -0.05) is 313 Å². The molecule has 2 unspecified atom stereocenters. The van der Waals surface area contributed by atoms with Gasteiger partial charge in [-0.2, -0.15) is 0 Å². The molecule has 0 fully saturated rings. The summed E-state index contributed by atoms with van der Waals surface area (Å²) in [5, 5.41) is 11.8. The SMILES string of the molecule is CC/C=C\C/C=C\C/C=C\C/C=C\CCCCCCCCCCCCCCCCC(=O)OC(COC(=O)CCCCCCCCCCCCCCCCCCCCCCCCCCCCCC)COC(OCC[N+](C)(C)C)C(=O)[O-]. The van der Waals surface area contributed by atoms with Crippen LogP contribution in [0.1, 0.15) is 328 Å². The Morgan fingerprint density at radius 1 is 0.388 bits per heavy atom. The first-order chi connectivity index (χ1) is 39.1. The van der Waals surface area contributed by atoms with E-state index in [1.54, 1.807) is 0 Å². The zero-order chi connectivity index (χ0) is 58.3. The minimum atomic E-state index is -1.62. The van der Waals surface area contributed by atoms with Crippen LogP contribution in [-0.2, 0) is 33.3 Å². The lowest BCUT2D eigenvalue weighted by Gasteiger charge is -2.26. The number of esters is 2. The molecule has 0 heterocycles. The fourth-order valence-corrected chi connectivity index (χ4v) is 10.1. The summed E-state index contributed by atoms with van der Waals surface area (Å²) >= 11 is 0. The second-order valence-corrected chi connectivity index (χ2v) is 24.4. The normalized spacial score (nSPS) is 13.0. The van der Waals surface area contributed by atoms with Crippen LogP contribution >= 0.6 is 0 Å². The standard InChI is InChI=1S/C71H131NO8/c1-6-8-10-12-14-16-18-20-22-24-26-28-30-32-34-36-37-39-41-43-45-47-49-51-53-55-57-59-61-68(73)78-65-67(66-79-71(70(75)76)77-64-63-72(3,4)5)80-69(74)62-60-58-56-54-52-50-48-46-44-42-40-38-35-33-31-29-27-25-23-21-19-17-15-13-11-9-7-2/h9,11,15,17,21,23,27,29,67,71H,6-8,10,12-14,16,18-20,22,24-26,28,30-66H2,1-5H3/b11-9-,17-15-,23-21-,29-27-. The van der Waals surface area contributed by atoms with Gasteiger partial charge < -0.3 is 33.3 Å². The van der Waals surface area contributed by atoms with Crippen molar-refractivity contribution in [1.82, 2.24) is 0 Å². The molecule has 0 radical (unpaired) electrons. The van der Waals surface area contributed by atoms with Gasteiger partial charge in [-0.15, -0.1) is 0 Å². The highest BCUT2D eigenvalue weighted by atomic mass is 16.7. The highest BCUT2D eigenvalue weighted by molar-refractivity contribution is 5.70. The predicted octanol–water partition coefficient (Wildman–Crippen LogP) is 19.6. The molecular formula is C71H131NO8. The topological polar surface area (TPSA) is 111 Å². The van der Waals surface area contributed by atoms with E-state index in [-0.39, 0.29) is 32.2 Å². The van der Waals surface area contributed by atoms with Crippen LogP contribution in [0, 0.1) is 0 Å². The Labute approximate surface area is 495 Å². The number of likely N-dealkylation sites (N-methyl/N-ethyl adjacent to an activating group) is 1. The Balaban J connectivity index is 4.09. The van der Waals surface area contributed by atoms with Crippen LogP contribution in [-0.4, -0.2) is 82.3 Å². The monoisotopic (exact) mass is 1130 g/mol. The van der Waals surface area contributed by atoms with E-state index in [1.165, 1.54) is 238 Å². The van der Waals surface area contributed by atoms with E-state index in [2.05, 4.69) is 62.5 Å². The van der Waals surface area contributed by atoms with Crippen molar-refractivity contribution in [2.24, 2.45) is 0 Å². The molecule has 0 aliphatic heterocycles. The summed E-state index contributed by atoms with van der Waals surface area (Å²) in [5.41, 5.74) is 0. The average Bonchev–Trinajstić information content (AvgIpc) is 3.43. The van der Waals surface area contributed by atoms with E-state index < -0.39 is 24.3 Å². The fraction of sp³-hybridized carbons (Fsp3) is 0.845. The molecule has 0 bridgehead atoms. The van der Waals surface area contributed by atoms with Crippen molar-refractivity contribution in [3.8, 4) is 0 Å². The van der Waals surface area contributed by atoms with Gasteiger partial charge in [0, 0.05) is 12.8 Å². The number of nitrogens with zero attached hydrogens (tertiary/aromatic N) is 1. The van der Waals surface area contributed by atoms with Crippen LogP contribution in [0.4, 0.5) is 0 Å². The zero-order valence-electron chi connectivity index (χ0n) is 53.5. The Morgan fingerprint density at radius 2 is 0.713 bits per heavy atom. The third-order valence-corrected chi connectivity index (χ3v) is 15.3. The molecule has 9 heteroatoms. The van der Waals surface area contributed by atoms with Gasteiger partial charge in [-0.3, -0.25) is 9.59 Å². The average molecular weight is 1130 g/mol. The highest BCUT2D eigenvalue weighted by Crippen LogP contribution is 2.19. The van der Waals surface area contributed by atoms with Gasteiger partial charge >= 0.3 is 11.9 Å². The number of rotatable bonds is 64. The van der Waals surface area contributed by atoms with E-state index in [1.807, 2.05) is 21.1 Å². The van der Waals surface area contributed by atoms with Crippen molar-refractivity contribution in [3.63, 3.8) is 0 Å². The zero-order valence-corrected chi connectivity index (χ0v) is 53.5. The summed E-state index contributed by atoms with van der Waals surface area (Å²) < 4.78 is 22.8. The summed E-state index contributed by atoms with van der Waals surface area (Å²) in [6.07, 6.45) is 76.2. The van der Waals surface area contributed by atoms with Gasteiger partial charge in [0.25, 0.3) is 0 Å².